The van der Waals surface area contributed by atoms with Gasteiger partial charge in [-0.3, -0.25) is 15.0 Å². The van der Waals surface area contributed by atoms with Gasteiger partial charge in [0.2, 0.25) is 0 Å². The number of nitro groups is 1. The van der Waals surface area contributed by atoms with Crippen LogP contribution in [0.15, 0.2) is 41.3 Å². The van der Waals surface area contributed by atoms with Crippen molar-refractivity contribution in [3.05, 3.63) is 52.1 Å². The Morgan fingerprint density at radius 1 is 1.00 bits per heavy atom. The molecule has 10 heteroatoms. The molecule has 30 heavy (non-hydrogen) atoms. The zero-order chi connectivity index (χ0) is 21.9. The molecule has 0 radical (unpaired) electrons. The van der Waals surface area contributed by atoms with Gasteiger partial charge in [-0.15, -0.1) is 0 Å². The van der Waals surface area contributed by atoms with E-state index in [1.54, 1.807) is 14.2 Å². The molecule has 0 aliphatic carbocycles. The van der Waals surface area contributed by atoms with Crippen molar-refractivity contribution in [3.8, 4) is 11.5 Å². The van der Waals surface area contributed by atoms with Gasteiger partial charge in [0.25, 0.3) is 5.69 Å². The lowest BCUT2D eigenvalue weighted by molar-refractivity contribution is -0.384. The number of nitro benzene ring substituents is 1. The number of hydrogen-bond donors (Lipinski definition) is 0. The van der Waals surface area contributed by atoms with Crippen molar-refractivity contribution >= 4 is 21.2 Å². The third kappa shape index (κ3) is 4.82. The number of nitrogens with zero attached hydrogens (tertiary/aromatic N) is 3. The maximum absolute atomic E-state index is 11.7. The van der Waals surface area contributed by atoms with E-state index in [4.69, 9.17) is 9.47 Å². The topological polar surface area (TPSA) is 102 Å². The number of methoxy groups -OCH3 is 2. The Bertz CT molecular complexity index is 1030. The minimum Gasteiger partial charge on any atom is -0.493 e. The highest BCUT2D eigenvalue weighted by molar-refractivity contribution is 7.90. The lowest BCUT2D eigenvalue weighted by Crippen LogP contribution is -2.46. The fourth-order valence-corrected chi connectivity index (χ4v) is 4.17. The monoisotopic (exact) mass is 435 g/mol. The molecule has 2 aromatic carbocycles. The van der Waals surface area contributed by atoms with E-state index >= 15 is 0 Å². The molecular weight excluding hydrogens is 410 g/mol. The Kier molecular flexibility index (Phi) is 6.47. The van der Waals surface area contributed by atoms with Crippen LogP contribution < -0.4 is 14.4 Å². The normalized spacial score (nSPS) is 15.1. The number of piperazine rings is 1. The molecule has 0 saturated carbocycles. The minimum atomic E-state index is -3.51. The Morgan fingerprint density at radius 2 is 1.67 bits per heavy atom. The maximum Gasteiger partial charge on any atom is 0.293 e. The number of anilines is 1. The number of sulfone groups is 1. The summed E-state index contributed by atoms with van der Waals surface area (Å²) in [5.41, 5.74) is 1.34. The van der Waals surface area contributed by atoms with E-state index in [1.807, 2.05) is 23.1 Å². The summed E-state index contributed by atoms with van der Waals surface area (Å²) in [6.45, 7) is 3.38. The summed E-state index contributed by atoms with van der Waals surface area (Å²) in [4.78, 5) is 15.1. The van der Waals surface area contributed by atoms with Gasteiger partial charge in [-0.25, -0.2) is 8.42 Å². The first-order valence-corrected chi connectivity index (χ1v) is 11.3. The van der Waals surface area contributed by atoms with Crippen molar-refractivity contribution in [1.29, 1.82) is 0 Å². The van der Waals surface area contributed by atoms with Crippen LogP contribution >= 0.6 is 0 Å². The van der Waals surface area contributed by atoms with Gasteiger partial charge >= 0.3 is 0 Å². The largest absolute Gasteiger partial charge is 0.493 e. The van der Waals surface area contributed by atoms with Crippen molar-refractivity contribution < 1.29 is 22.8 Å². The SMILES string of the molecule is COc1ccc(CN2CCN(c3ccc(S(C)(=O)=O)cc3[N+](=O)[O-])CC2)cc1OC. The molecule has 0 bridgehead atoms. The molecule has 1 saturated heterocycles. The minimum absolute atomic E-state index is 0.0509. The van der Waals surface area contributed by atoms with Crippen LogP contribution in [0.5, 0.6) is 11.5 Å². The first kappa shape index (κ1) is 21.8. The van der Waals surface area contributed by atoms with E-state index in [2.05, 4.69) is 4.90 Å². The third-order valence-corrected chi connectivity index (χ3v) is 6.25. The second kappa shape index (κ2) is 8.88. The lowest BCUT2D eigenvalue weighted by atomic mass is 10.1. The fraction of sp³-hybridized carbons (Fsp3) is 0.400. The van der Waals surface area contributed by atoms with Crippen LogP contribution in [0.1, 0.15) is 5.56 Å². The van der Waals surface area contributed by atoms with Crippen molar-refractivity contribution in [2.75, 3.05) is 51.6 Å². The van der Waals surface area contributed by atoms with Crippen LogP contribution in [-0.4, -0.2) is 64.9 Å². The summed E-state index contributed by atoms with van der Waals surface area (Å²) in [6.07, 6.45) is 1.04. The van der Waals surface area contributed by atoms with Gasteiger partial charge in [-0.2, -0.15) is 0 Å². The van der Waals surface area contributed by atoms with Gasteiger partial charge in [-0.05, 0) is 29.8 Å². The molecule has 2 aromatic rings. The van der Waals surface area contributed by atoms with E-state index in [-0.39, 0.29) is 10.6 Å². The molecular formula is C20H25N3O6S. The number of rotatable bonds is 7. The first-order valence-electron chi connectivity index (χ1n) is 9.39. The molecule has 1 aliphatic heterocycles. The predicted octanol–water partition coefficient (Wildman–Crippen LogP) is 2.34. The molecule has 3 rings (SSSR count). The van der Waals surface area contributed by atoms with Crippen LogP contribution in [0.4, 0.5) is 11.4 Å². The highest BCUT2D eigenvalue weighted by Gasteiger charge is 2.25. The molecule has 0 atom stereocenters. The highest BCUT2D eigenvalue weighted by atomic mass is 32.2. The summed E-state index contributed by atoms with van der Waals surface area (Å²) >= 11 is 0. The maximum atomic E-state index is 11.7. The van der Waals surface area contributed by atoms with Crippen LogP contribution in [0, 0.1) is 10.1 Å². The van der Waals surface area contributed by atoms with Crippen molar-refractivity contribution in [3.63, 3.8) is 0 Å². The number of ether oxygens (including phenoxy) is 2. The molecule has 9 nitrogen and oxygen atoms in total. The molecule has 1 aliphatic rings. The molecule has 0 amide bonds. The summed E-state index contributed by atoms with van der Waals surface area (Å²) in [6, 6.07) is 9.90. The number of benzene rings is 2. The zero-order valence-electron chi connectivity index (χ0n) is 17.2. The van der Waals surface area contributed by atoms with E-state index in [0.717, 1.165) is 37.5 Å². The Hall–Kier alpha value is -2.85. The van der Waals surface area contributed by atoms with Gasteiger partial charge in [-0.1, -0.05) is 6.07 Å². The summed E-state index contributed by atoms with van der Waals surface area (Å²) in [5, 5.41) is 11.5. The summed E-state index contributed by atoms with van der Waals surface area (Å²) in [5.74, 6) is 1.35. The van der Waals surface area contributed by atoms with E-state index < -0.39 is 14.8 Å². The third-order valence-electron chi connectivity index (χ3n) is 5.14. The summed E-state index contributed by atoms with van der Waals surface area (Å²) in [7, 11) is -0.316. The van der Waals surface area contributed by atoms with Gasteiger partial charge in [0.1, 0.15) is 5.69 Å². The molecule has 1 heterocycles. The van der Waals surface area contributed by atoms with Crippen LogP contribution in [-0.2, 0) is 16.4 Å². The van der Waals surface area contributed by atoms with E-state index in [1.165, 1.54) is 12.1 Å². The average molecular weight is 436 g/mol. The predicted molar refractivity (Wildman–Crippen MR) is 113 cm³/mol. The van der Waals surface area contributed by atoms with Crippen LogP contribution in [0.3, 0.4) is 0 Å². The first-order chi connectivity index (χ1) is 14.2. The van der Waals surface area contributed by atoms with Crippen molar-refractivity contribution in [2.24, 2.45) is 0 Å². The number of hydrogen-bond acceptors (Lipinski definition) is 8. The van der Waals surface area contributed by atoms with Crippen molar-refractivity contribution in [1.82, 2.24) is 4.90 Å². The van der Waals surface area contributed by atoms with Gasteiger partial charge in [0.15, 0.2) is 21.3 Å². The standard InChI is InChI=1S/C20H25N3O6S/c1-28-19-7-4-15(12-20(19)29-2)14-21-8-10-22(11-9-21)17-6-5-16(30(3,26)27)13-18(17)23(24)25/h4-7,12-13H,8-11,14H2,1-3H3. The lowest BCUT2D eigenvalue weighted by Gasteiger charge is -2.36. The van der Waals surface area contributed by atoms with Crippen LogP contribution in [0.25, 0.3) is 0 Å². The summed E-state index contributed by atoms with van der Waals surface area (Å²) < 4.78 is 34.1. The molecule has 0 spiro atoms. The van der Waals surface area contributed by atoms with E-state index in [0.29, 0.717) is 30.3 Å². The second-order valence-electron chi connectivity index (χ2n) is 7.13. The van der Waals surface area contributed by atoms with Crippen molar-refractivity contribution in [2.45, 2.75) is 11.4 Å². The van der Waals surface area contributed by atoms with Gasteiger partial charge in [0.05, 0.1) is 24.0 Å². The second-order valence-corrected chi connectivity index (χ2v) is 9.15. The molecule has 0 unspecified atom stereocenters. The average Bonchev–Trinajstić information content (AvgIpc) is 2.73. The zero-order valence-corrected chi connectivity index (χ0v) is 18.0. The molecule has 162 valence electrons. The van der Waals surface area contributed by atoms with Crippen LogP contribution in [0.2, 0.25) is 0 Å². The quantitative estimate of drug-likeness (QED) is 0.482. The fourth-order valence-electron chi connectivity index (χ4n) is 3.53. The van der Waals surface area contributed by atoms with E-state index in [9.17, 15) is 18.5 Å². The molecule has 0 aromatic heterocycles. The Morgan fingerprint density at radius 3 is 2.23 bits per heavy atom. The molecule has 0 N–H and O–H groups in total. The van der Waals surface area contributed by atoms with Gasteiger partial charge < -0.3 is 14.4 Å². The smallest absolute Gasteiger partial charge is 0.293 e. The molecule has 1 fully saturated rings. The Labute approximate surface area is 175 Å². The Balaban J connectivity index is 1.71. The van der Waals surface area contributed by atoms with Gasteiger partial charge in [0, 0.05) is 45.0 Å². The highest BCUT2D eigenvalue weighted by Crippen LogP contribution is 2.32.